The Hall–Kier alpha value is -2.39. The van der Waals surface area contributed by atoms with Crippen molar-refractivity contribution in [1.29, 1.82) is 0 Å². The molecule has 3 fully saturated rings. The van der Waals surface area contributed by atoms with Crippen LogP contribution in [-0.2, 0) is 29.4 Å². The minimum Gasteiger partial charge on any atom is -0.459 e. The maximum Gasteiger partial charge on any atom is 0.348 e. The largest absolute Gasteiger partial charge is 0.459 e. The number of thioether (sulfide) groups is 1. The molecule has 2 aromatic rings. The van der Waals surface area contributed by atoms with Gasteiger partial charge in [-0.05, 0) is 30.7 Å². The highest BCUT2D eigenvalue weighted by atomic mass is 32.2. The van der Waals surface area contributed by atoms with Crippen LogP contribution in [0.5, 0.6) is 0 Å². The second-order valence-corrected chi connectivity index (χ2v) is 13.3. The number of hydrogen-bond donors (Lipinski definition) is 1. The first-order valence-corrected chi connectivity index (χ1v) is 16.4. The summed E-state index contributed by atoms with van der Waals surface area (Å²) in [7, 11) is 0. The van der Waals surface area contributed by atoms with Gasteiger partial charge in [-0.2, -0.15) is 11.8 Å². The quantitative estimate of drug-likeness (QED) is 0.223. The topological polar surface area (TPSA) is 87.9 Å². The van der Waals surface area contributed by atoms with Crippen molar-refractivity contribution in [3.05, 3.63) is 71.8 Å². The van der Waals surface area contributed by atoms with Crippen molar-refractivity contribution < 1.29 is 28.3 Å². The molecule has 7 nitrogen and oxygen atoms in total. The van der Waals surface area contributed by atoms with E-state index in [1.165, 1.54) is 43.3 Å². The summed E-state index contributed by atoms with van der Waals surface area (Å²) in [4.78, 5) is 27.4. The third-order valence-electron chi connectivity index (χ3n) is 9.59. The van der Waals surface area contributed by atoms with Gasteiger partial charge < -0.3 is 24.4 Å². The molecule has 0 aromatic heterocycles. The van der Waals surface area contributed by atoms with Crippen LogP contribution in [0.1, 0.15) is 69.9 Å². The Morgan fingerprint density at radius 1 is 0.951 bits per heavy atom. The van der Waals surface area contributed by atoms with Crippen molar-refractivity contribution >= 4 is 23.7 Å². The Labute approximate surface area is 248 Å². The van der Waals surface area contributed by atoms with Gasteiger partial charge in [0.15, 0.2) is 0 Å². The van der Waals surface area contributed by atoms with Crippen LogP contribution >= 0.6 is 11.8 Å². The standard InChI is InChI=1S/C33H45N2O5S/c1-23(41-3)20-30(34)31(36)38-24(2)40-33(25-12-6-4-7-13-25,26-14-8-5-9-15-26)32(37)39-29-21-27-16-17-28(22-29)35(27)18-10-11-19-35/h4-9,12-15,23-24,27-30H,10-11,16-22,34H2,1-3H3/q+1/t23?,24-,27?,28?,29?,30+/m1/s1. The van der Waals surface area contributed by atoms with Gasteiger partial charge in [0.1, 0.15) is 12.1 Å². The smallest absolute Gasteiger partial charge is 0.348 e. The summed E-state index contributed by atoms with van der Waals surface area (Å²) in [5.41, 5.74) is 5.79. The molecular weight excluding hydrogens is 536 g/mol. The van der Waals surface area contributed by atoms with E-state index in [1.807, 2.05) is 73.8 Å². The van der Waals surface area contributed by atoms with E-state index in [0.29, 0.717) is 29.6 Å². The van der Waals surface area contributed by atoms with E-state index >= 15 is 0 Å². The number of ether oxygens (including phenoxy) is 3. The van der Waals surface area contributed by atoms with Crippen LogP contribution in [-0.4, -0.2) is 71.5 Å². The summed E-state index contributed by atoms with van der Waals surface area (Å²) >= 11 is 1.64. The number of quaternary nitrogens is 1. The Morgan fingerprint density at radius 2 is 1.49 bits per heavy atom. The second kappa shape index (κ2) is 12.9. The zero-order valence-corrected chi connectivity index (χ0v) is 25.4. The molecule has 0 saturated carbocycles. The third-order valence-corrected chi connectivity index (χ3v) is 10.6. The molecule has 41 heavy (non-hydrogen) atoms. The first-order valence-electron chi connectivity index (χ1n) is 15.1. The Bertz CT molecular complexity index is 1120. The van der Waals surface area contributed by atoms with E-state index in [4.69, 9.17) is 19.9 Å². The van der Waals surface area contributed by atoms with Crippen LogP contribution in [0.15, 0.2) is 60.7 Å². The lowest BCUT2D eigenvalue weighted by Crippen LogP contribution is -2.60. The summed E-state index contributed by atoms with van der Waals surface area (Å²) in [6.45, 7) is 6.18. The van der Waals surface area contributed by atoms with Gasteiger partial charge in [0.05, 0.1) is 25.2 Å². The van der Waals surface area contributed by atoms with Gasteiger partial charge in [0.25, 0.3) is 0 Å². The lowest BCUT2D eigenvalue weighted by molar-refractivity contribution is -0.956. The van der Waals surface area contributed by atoms with Gasteiger partial charge in [0, 0.05) is 43.8 Å². The predicted molar refractivity (Wildman–Crippen MR) is 161 cm³/mol. The van der Waals surface area contributed by atoms with Crippen LogP contribution in [0.3, 0.4) is 0 Å². The molecule has 0 aliphatic carbocycles. The van der Waals surface area contributed by atoms with E-state index in [2.05, 4.69) is 0 Å². The third kappa shape index (κ3) is 6.07. The zero-order valence-electron chi connectivity index (χ0n) is 24.6. The second-order valence-electron chi connectivity index (χ2n) is 12.1. The highest BCUT2D eigenvalue weighted by Gasteiger charge is 2.57. The molecule has 3 aliphatic heterocycles. The molecule has 2 bridgehead atoms. The van der Waals surface area contributed by atoms with Crippen molar-refractivity contribution in [3.63, 3.8) is 0 Å². The molecule has 2 aromatic carbocycles. The van der Waals surface area contributed by atoms with Gasteiger partial charge >= 0.3 is 11.9 Å². The molecule has 3 unspecified atom stereocenters. The van der Waals surface area contributed by atoms with Crippen LogP contribution in [0.25, 0.3) is 0 Å². The highest BCUT2D eigenvalue weighted by molar-refractivity contribution is 7.99. The molecule has 3 saturated heterocycles. The molecule has 5 atom stereocenters. The van der Waals surface area contributed by atoms with Crippen molar-refractivity contribution in [2.45, 2.75) is 100 Å². The molecule has 0 radical (unpaired) electrons. The number of nitrogens with zero attached hydrogens (tertiary/aromatic N) is 1. The molecular formula is C33H45N2O5S+. The number of nitrogens with two attached hydrogens (primary N) is 1. The molecule has 222 valence electrons. The summed E-state index contributed by atoms with van der Waals surface area (Å²) in [6, 6.07) is 19.1. The zero-order chi connectivity index (χ0) is 29.0. The number of hydrogen-bond acceptors (Lipinski definition) is 7. The molecule has 5 rings (SSSR count). The fourth-order valence-corrected chi connectivity index (χ4v) is 7.95. The summed E-state index contributed by atoms with van der Waals surface area (Å²) in [5.74, 6) is -1.03. The maximum atomic E-state index is 14.5. The van der Waals surface area contributed by atoms with E-state index < -0.39 is 29.9 Å². The first-order chi connectivity index (χ1) is 19.8. The van der Waals surface area contributed by atoms with Crippen LogP contribution in [0.4, 0.5) is 0 Å². The fourth-order valence-electron chi connectivity index (χ4n) is 7.55. The van der Waals surface area contributed by atoms with Gasteiger partial charge in [0.2, 0.25) is 11.9 Å². The SMILES string of the molecule is CSC(C)C[C@H](N)C(=O)O[C@@H](C)OC(C(=O)OC1CC2CCC(C1)[N+]21CCCC1)(c1ccccc1)c1ccccc1. The molecule has 0 amide bonds. The number of esters is 2. The number of benzene rings is 2. The molecule has 2 N–H and O–H groups in total. The Kier molecular flexibility index (Phi) is 9.43. The normalized spacial score (nSPS) is 25.4. The van der Waals surface area contributed by atoms with Crippen molar-refractivity contribution in [1.82, 2.24) is 0 Å². The monoisotopic (exact) mass is 581 g/mol. The Morgan fingerprint density at radius 3 is 2.00 bits per heavy atom. The minimum atomic E-state index is -1.62. The van der Waals surface area contributed by atoms with Crippen LogP contribution < -0.4 is 5.73 Å². The first kappa shape index (κ1) is 30.1. The van der Waals surface area contributed by atoms with Crippen LogP contribution in [0.2, 0.25) is 0 Å². The number of carbonyl (C=O) groups excluding carboxylic acids is 2. The van der Waals surface area contributed by atoms with Gasteiger partial charge in [-0.25, -0.2) is 4.79 Å². The average molecular weight is 582 g/mol. The number of rotatable bonds is 11. The van der Waals surface area contributed by atoms with E-state index in [-0.39, 0.29) is 11.4 Å². The Balaban J connectivity index is 1.42. The summed E-state index contributed by atoms with van der Waals surface area (Å²) in [6.07, 6.45) is 8.04. The van der Waals surface area contributed by atoms with Gasteiger partial charge in [-0.3, -0.25) is 4.79 Å². The van der Waals surface area contributed by atoms with Crippen molar-refractivity contribution in [2.24, 2.45) is 5.73 Å². The number of piperidine rings is 1. The number of carbonyl (C=O) groups is 2. The van der Waals surface area contributed by atoms with E-state index in [9.17, 15) is 9.59 Å². The average Bonchev–Trinajstić information content (AvgIpc) is 3.53. The summed E-state index contributed by atoms with van der Waals surface area (Å²) in [5, 5.41) is 0.212. The highest BCUT2D eigenvalue weighted by Crippen LogP contribution is 2.47. The van der Waals surface area contributed by atoms with Crippen molar-refractivity contribution in [3.8, 4) is 0 Å². The lowest BCUT2D eigenvalue weighted by atomic mass is 9.85. The van der Waals surface area contributed by atoms with Crippen LogP contribution in [0, 0.1) is 0 Å². The van der Waals surface area contributed by atoms with E-state index in [0.717, 1.165) is 12.8 Å². The van der Waals surface area contributed by atoms with Gasteiger partial charge in [-0.1, -0.05) is 67.6 Å². The van der Waals surface area contributed by atoms with Crippen molar-refractivity contribution in [2.75, 3.05) is 19.3 Å². The lowest BCUT2D eigenvalue weighted by Gasteiger charge is -2.47. The molecule has 3 heterocycles. The molecule has 1 spiro atoms. The fraction of sp³-hybridized carbons (Fsp3) is 0.576. The molecule has 3 aliphatic rings. The summed E-state index contributed by atoms with van der Waals surface area (Å²) < 4.78 is 19.9. The van der Waals surface area contributed by atoms with E-state index in [1.54, 1.807) is 18.7 Å². The minimum absolute atomic E-state index is 0.168. The van der Waals surface area contributed by atoms with Gasteiger partial charge in [-0.15, -0.1) is 0 Å². The maximum absolute atomic E-state index is 14.5. The molecule has 8 heteroatoms. The predicted octanol–water partition coefficient (Wildman–Crippen LogP) is 5.15.